The Morgan fingerprint density at radius 3 is 2.78 bits per heavy atom. The van der Waals surface area contributed by atoms with Gasteiger partial charge in [0.25, 0.3) is 0 Å². The number of hydrogen-bond acceptors (Lipinski definition) is 4. The van der Waals surface area contributed by atoms with Crippen molar-refractivity contribution in [3.05, 3.63) is 58.4 Å². The molecule has 1 saturated heterocycles. The summed E-state index contributed by atoms with van der Waals surface area (Å²) in [6.07, 6.45) is 3.73. The van der Waals surface area contributed by atoms with Crippen LogP contribution >= 0.6 is 11.6 Å². The molecule has 0 unspecified atom stereocenters. The molecule has 0 saturated carbocycles. The van der Waals surface area contributed by atoms with Crippen LogP contribution in [0.25, 0.3) is 0 Å². The van der Waals surface area contributed by atoms with Crippen molar-refractivity contribution in [2.45, 2.75) is 31.6 Å². The van der Waals surface area contributed by atoms with Crippen LogP contribution in [0.2, 0.25) is 5.02 Å². The summed E-state index contributed by atoms with van der Waals surface area (Å²) in [6.45, 7) is 2.93. The molecule has 120 valence electrons. The van der Waals surface area contributed by atoms with Crippen LogP contribution in [0.15, 0.2) is 36.5 Å². The normalized spacial score (nSPS) is 19.1. The maximum absolute atomic E-state index is 6.46. The fraction of sp³-hybridized carbons (Fsp3) is 0.389. The fourth-order valence-corrected chi connectivity index (χ4v) is 4.08. The molecule has 2 aliphatic heterocycles. The largest absolute Gasteiger partial charge is 0.370 e. The van der Waals surface area contributed by atoms with Crippen LogP contribution in [0.3, 0.4) is 0 Å². The van der Waals surface area contributed by atoms with Gasteiger partial charge < -0.3 is 15.4 Å². The Morgan fingerprint density at radius 1 is 1.22 bits per heavy atom. The van der Waals surface area contributed by atoms with Gasteiger partial charge in [0.05, 0.1) is 28.6 Å². The monoisotopic (exact) mass is 329 g/mol. The standard InChI is InChI=1S/C18H20ClN3O/c19-17-15(11-20)21-8-5-16(17)22-9-6-18(7-10-22)14-4-2-1-3-13(14)12-23-18/h1-5,8H,6-7,9-12,20H2. The van der Waals surface area contributed by atoms with Crippen molar-refractivity contribution >= 4 is 17.3 Å². The van der Waals surface area contributed by atoms with Gasteiger partial charge in [-0.2, -0.15) is 0 Å². The zero-order valence-electron chi connectivity index (χ0n) is 13.0. The Kier molecular flexibility index (Phi) is 3.76. The number of pyridine rings is 1. The molecular weight excluding hydrogens is 310 g/mol. The summed E-state index contributed by atoms with van der Waals surface area (Å²) < 4.78 is 6.22. The van der Waals surface area contributed by atoms with Crippen LogP contribution in [0, 0.1) is 0 Å². The van der Waals surface area contributed by atoms with Crippen molar-refractivity contribution in [2.24, 2.45) is 5.73 Å². The van der Waals surface area contributed by atoms with Crippen LogP contribution in [0.5, 0.6) is 0 Å². The predicted octanol–water partition coefficient (Wildman–Crippen LogP) is 3.22. The number of rotatable bonds is 2. The second-order valence-corrected chi connectivity index (χ2v) is 6.60. The van der Waals surface area contributed by atoms with E-state index in [0.717, 1.165) is 43.9 Å². The highest BCUT2D eigenvalue weighted by Gasteiger charge is 2.42. The van der Waals surface area contributed by atoms with Gasteiger partial charge in [0.2, 0.25) is 0 Å². The summed E-state index contributed by atoms with van der Waals surface area (Å²) in [6, 6.07) is 10.5. The molecule has 2 N–H and O–H groups in total. The zero-order valence-corrected chi connectivity index (χ0v) is 13.7. The molecule has 0 aliphatic carbocycles. The Balaban J connectivity index is 1.57. The number of anilines is 1. The molecule has 4 rings (SSSR count). The molecule has 2 aliphatic rings. The maximum Gasteiger partial charge on any atom is 0.0973 e. The van der Waals surface area contributed by atoms with Gasteiger partial charge in [-0.15, -0.1) is 0 Å². The van der Waals surface area contributed by atoms with E-state index in [0.29, 0.717) is 11.6 Å². The summed E-state index contributed by atoms with van der Waals surface area (Å²) in [5, 5.41) is 0.679. The van der Waals surface area contributed by atoms with E-state index in [9.17, 15) is 0 Å². The number of aromatic nitrogens is 1. The summed E-state index contributed by atoms with van der Waals surface area (Å²) in [7, 11) is 0. The van der Waals surface area contributed by atoms with E-state index in [1.54, 1.807) is 6.20 Å². The van der Waals surface area contributed by atoms with Crippen LogP contribution in [0.1, 0.15) is 29.7 Å². The fourth-order valence-electron chi connectivity index (χ4n) is 3.77. The number of nitrogens with zero attached hydrogens (tertiary/aromatic N) is 2. The first-order valence-corrected chi connectivity index (χ1v) is 8.42. The van der Waals surface area contributed by atoms with Crippen molar-refractivity contribution in [1.82, 2.24) is 4.98 Å². The molecule has 0 bridgehead atoms. The number of ether oxygens (including phenoxy) is 1. The molecule has 0 amide bonds. The number of hydrogen-bond donors (Lipinski definition) is 1. The lowest BCUT2D eigenvalue weighted by molar-refractivity contribution is -0.0551. The number of benzene rings is 1. The molecule has 23 heavy (non-hydrogen) atoms. The summed E-state index contributed by atoms with van der Waals surface area (Å²) >= 11 is 6.46. The lowest BCUT2D eigenvalue weighted by atomic mass is 9.83. The zero-order chi connectivity index (χ0) is 15.9. The minimum Gasteiger partial charge on any atom is -0.370 e. The third-order valence-electron chi connectivity index (χ3n) is 5.06. The molecule has 1 spiro atoms. The molecule has 4 nitrogen and oxygen atoms in total. The minimum absolute atomic E-state index is 0.122. The smallest absolute Gasteiger partial charge is 0.0973 e. The minimum atomic E-state index is -0.122. The van der Waals surface area contributed by atoms with E-state index in [4.69, 9.17) is 22.1 Å². The first-order valence-electron chi connectivity index (χ1n) is 8.04. The molecule has 1 aromatic heterocycles. The SMILES string of the molecule is NCc1nccc(N2CCC3(CC2)OCc2ccccc23)c1Cl. The number of halogens is 1. The first-order chi connectivity index (χ1) is 11.2. The van der Waals surface area contributed by atoms with Gasteiger partial charge in [-0.05, 0) is 30.0 Å². The van der Waals surface area contributed by atoms with Crippen LogP contribution < -0.4 is 10.6 Å². The second kappa shape index (κ2) is 5.78. The molecule has 5 heteroatoms. The molecule has 2 aromatic rings. The lowest BCUT2D eigenvalue weighted by Crippen LogP contribution is -2.42. The van der Waals surface area contributed by atoms with E-state index in [-0.39, 0.29) is 5.60 Å². The Morgan fingerprint density at radius 2 is 2.00 bits per heavy atom. The number of piperidine rings is 1. The van der Waals surface area contributed by atoms with Crippen molar-refractivity contribution in [3.63, 3.8) is 0 Å². The summed E-state index contributed by atoms with van der Waals surface area (Å²) in [5.41, 5.74) is 10.1. The number of nitrogens with two attached hydrogens (primary N) is 1. The molecule has 0 atom stereocenters. The summed E-state index contributed by atoms with van der Waals surface area (Å²) in [5.74, 6) is 0. The molecule has 1 fully saturated rings. The van der Waals surface area contributed by atoms with Crippen molar-refractivity contribution in [1.29, 1.82) is 0 Å². The van der Waals surface area contributed by atoms with Gasteiger partial charge in [-0.25, -0.2) is 0 Å². The van der Waals surface area contributed by atoms with E-state index >= 15 is 0 Å². The quantitative estimate of drug-likeness (QED) is 0.919. The highest BCUT2D eigenvalue weighted by molar-refractivity contribution is 6.33. The van der Waals surface area contributed by atoms with Gasteiger partial charge in [0.15, 0.2) is 0 Å². The molecular formula is C18H20ClN3O. The predicted molar refractivity (Wildman–Crippen MR) is 91.5 cm³/mol. The molecule has 0 radical (unpaired) electrons. The van der Waals surface area contributed by atoms with Crippen molar-refractivity contribution in [3.8, 4) is 0 Å². The average molecular weight is 330 g/mol. The van der Waals surface area contributed by atoms with Crippen molar-refractivity contribution < 1.29 is 4.74 Å². The maximum atomic E-state index is 6.46. The van der Waals surface area contributed by atoms with Gasteiger partial charge in [-0.3, -0.25) is 4.98 Å². The Bertz CT molecular complexity index is 726. The highest BCUT2D eigenvalue weighted by Crippen LogP contribution is 2.45. The van der Waals surface area contributed by atoms with Gasteiger partial charge in [0, 0.05) is 25.8 Å². The first kappa shape index (κ1) is 14.9. The van der Waals surface area contributed by atoms with Crippen molar-refractivity contribution in [2.75, 3.05) is 18.0 Å². The third kappa shape index (κ3) is 2.42. The Labute approximate surface area is 141 Å². The van der Waals surface area contributed by atoms with Gasteiger partial charge >= 0.3 is 0 Å². The Hall–Kier alpha value is -1.62. The topological polar surface area (TPSA) is 51.4 Å². The highest BCUT2D eigenvalue weighted by atomic mass is 35.5. The van der Waals surface area contributed by atoms with E-state index in [1.165, 1.54) is 11.1 Å². The molecule has 3 heterocycles. The average Bonchev–Trinajstić information content (AvgIpc) is 2.95. The van der Waals surface area contributed by atoms with Crippen LogP contribution in [0.4, 0.5) is 5.69 Å². The number of fused-ring (bicyclic) bond motifs is 2. The second-order valence-electron chi connectivity index (χ2n) is 6.22. The van der Waals surface area contributed by atoms with Crippen LogP contribution in [-0.2, 0) is 23.5 Å². The van der Waals surface area contributed by atoms with Gasteiger partial charge in [0.1, 0.15) is 0 Å². The van der Waals surface area contributed by atoms with Gasteiger partial charge in [-0.1, -0.05) is 35.9 Å². The summed E-state index contributed by atoms with van der Waals surface area (Å²) in [4.78, 5) is 6.56. The third-order valence-corrected chi connectivity index (χ3v) is 5.47. The van der Waals surface area contributed by atoms with E-state index in [1.807, 2.05) is 6.07 Å². The molecule has 1 aromatic carbocycles. The van der Waals surface area contributed by atoms with Crippen LogP contribution in [-0.4, -0.2) is 18.1 Å². The van der Waals surface area contributed by atoms with E-state index in [2.05, 4.69) is 34.1 Å². The lowest BCUT2D eigenvalue weighted by Gasteiger charge is -2.40. The van der Waals surface area contributed by atoms with E-state index < -0.39 is 0 Å².